The van der Waals surface area contributed by atoms with Gasteiger partial charge in [-0.3, -0.25) is 14.6 Å². The van der Waals surface area contributed by atoms with Gasteiger partial charge in [-0.25, -0.2) is 23.7 Å². The van der Waals surface area contributed by atoms with Gasteiger partial charge in [0.25, 0.3) is 5.91 Å². The molecule has 176 valence electrons. The molecular formula is C24H23ClF2N6O. The van der Waals surface area contributed by atoms with Crippen LogP contribution in [0.4, 0.5) is 14.6 Å². The average molecular weight is 485 g/mol. The predicted octanol–water partition coefficient (Wildman–Crippen LogP) is 4.60. The minimum atomic E-state index is -0.933. The molecular weight excluding hydrogens is 462 g/mol. The van der Waals surface area contributed by atoms with Gasteiger partial charge < -0.3 is 4.57 Å². The van der Waals surface area contributed by atoms with Crippen molar-refractivity contribution < 1.29 is 13.6 Å². The number of carbonyl (C=O) groups excluding carboxylic acids is 1. The standard InChI is InChI=1S/C24H23ClF2N6O/c1-4-31-23(34)20-22(33-12-18(13(2)3)29-24(31)33)32(11-14-5-7-16(26)17(27)9-14)21(30-20)15-6-8-19(25)28-10-15/h5-10,13,18H,4,11-12H2,1-3H3/t18-/m0/s1. The van der Waals surface area contributed by atoms with Gasteiger partial charge in [0.05, 0.1) is 19.1 Å². The van der Waals surface area contributed by atoms with Gasteiger partial charge in [0.15, 0.2) is 17.3 Å². The van der Waals surface area contributed by atoms with Crippen LogP contribution in [-0.2, 0) is 6.54 Å². The number of imidazole rings is 1. The Morgan fingerprint density at radius 2 is 1.97 bits per heavy atom. The van der Waals surface area contributed by atoms with Crippen LogP contribution in [0.2, 0.25) is 5.15 Å². The van der Waals surface area contributed by atoms with Crippen LogP contribution in [0.5, 0.6) is 0 Å². The molecule has 4 heterocycles. The topological polar surface area (TPSA) is 66.6 Å². The minimum Gasteiger partial charge on any atom is -0.305 e. The molecule has 0 saturated heterocycles. The second kappa shape index (κ2) is 8.47. The Balaban J connectivity index is 1.71. The summed E-state index contributed by atoms with van der Waals surface area (Å²) in [7, 11) is 0. The van der Waals surface area contributed by atoms with E-state index in [2.05, 4.69) is 18.8 Å². The first-order chi connectivity index (χ1) is 16.3. The second-order valence-electron chi connectivity index (χ2n) is 8.71. The quantitative estimate of drug-likeness (QED) is 0.496. The van der Waals surface area contributed by atoms with Gasteiger partial charge in [-0.15, -0.1) is 0 Å². The van der Waals surface area contributed by atoms with E-state index in [1.54, 1.807) is 23.2 Å². The molecule has 0 aliphatic carbocycles. The number of aliphatic imine (C=N–C) groups is 1. The van der Waals surface area contributed by atoms with E-state index in [1.807, 2.05) is 16.4 Å². The van der Waals surface area contributed by atoms with Crippen LogP contribution in [0.15, 0.2) is 41.5 Å². The van der Waals surface area contributed by atoms with E-state index in [1.165, 1.54) is 6.07 Å². The SMILES string of the molecule is CCN1C(=O)c2nc(-c3ccc(Cl)nc3)n(Cc3ccc(F)c(F)c3)c2N2C[C@@H](C(C)C)N=C12. The van der Waals surface area contributed by atoms with Crippen molar-refractivity contribution in [2.24, 2.45) is 10.9 Å². The molecule has 0 fully saturated rings. The van der Waals surface area contributed by atoms with Gasteiger partial charge in [0.2, 0.25) is 5.96 Å². The van der Waals surface area contributed by atoms with E-state index in [-0.39, 0.29) is 30.1 Å². The van der Waals surface area contributed by atoms with Crippen molar-refractivity contribution in [3.8, 4) is 11.4 Å². The molecule has 2 aliphatic rings. The maximum atomic E-state index is 14.0. The van der Waals surface area contributed by atoms with Crippen LogP contribution in [-0.4, -0.2) is 50.4 Å². The van der Waals surface area contributed by atoms with Gasteiger partial charge in [-0.2, -0.15) is 0 Å². The third-order valence-electron chi connectivity index (χ3n) is 6.17. The van der Waals surface area contributed by atoms with Crippen LogP contribution >= 0.6 is 11.6 Å². The highest BCUT2D eigenvalue weighted by atomic mass is 35.5. The molecule has 0 N–H and O–H groups in total. The number of guanidine groups is 1. The van der Waals surface area contributed by atoms with Crippen molar-refractivity contribution in [2.45, 2.75) is 33.4 Å². The number of anilines is 1. The number of halogens is 3. The lowest BCUT2D eigenvalue weighted by atomic mass is 10.1. The summed E-state index contributed by atoms with van der Waals surface area (Å²) in [5.41, 5.74) is 1.47. The van der Waals surface area contributed by atoms with Crippen molar-refractivity contribution in [2.75, 3.05) is 18.0 Å². The fourth-order valence-electron chi connectivity index (χ4n) is 4.35. The zero-order valence-electron chi connectivity index (χ0n) is 19.0. The van der Waals surface area contributed by atoms with E-state index in [4.69, 9.17) is 21.6 Å². The Labute approximate surface area is 200 Å². The maximum absolute atomic E-state index is 14.0. The molecule has 7 nitrogen and oxygen atoms in total. The molecule has 0 saturated carbocycles. The van der Waals surface area contributed by atoms with E-state index >= 15 is 0 Å². The summed E-state index contributed by atoms with van der Waals surface area (Å²) in [6.45, 7) is 7.30. The molecule has 1 atom stereocenters. The molecule has 1 amide bonds. The third-order valence-corrected chi connectivity index (χ3v) is 6.40. The number of benzene rings is 1. The van der Waals surface area contributed by atoms with Crippen molar-refractivity contribution in [3.63, 3.8) is 0 Å². The van der Waals surface area contributed by atoms with Gasteiger partial charge in [-0.1, -0.05) is 31.5 Å². The smallest absolute Gasteiger partial charge is 0.283 e. The highest BCUT2D eigenvalue weighted by Gasteiger charge is 2.44. The van der Waals surface area contributed by atoms with Crippen molar-refractivity contribution in [3.05, 3.63) is 64.6 Å². The first-order valence-electron chi connectivity index (χ1n) is 11.1. The molecule has 0 unspecified atom stereocenters. The second-order valence-corrected chi connectivity index (χ2v) is 9.10. The van der Waals surface area contributed by atoms with Gasteiger partial charge in [0.1, 0.15) is 16.8 Å². The Kier molecular flexibility index (Phi) is 5.59. The monoisotopic (exact) mass is 484 g/mol. The van der Waals surface area contributed by atoms with Crippen LogP contribution in [0.1, 0.15) is 36.8 Å². The Hall–Kier alpha value is -3.33. The molecule has 5 rings (SSSR count). The lowest BCUT2D eigenvalue weighted by Gasteiger charge is -2.33. The highest BCUT2D eigenvalue weighted by molar-refractivity contribution is 6.29. The minimum absolute atomic E-state index is 0.00932. The fraction of sp³-hybridized carbons (Fsp3) is 0.333. The molecule has 2 aromatic heterocycles. The number of hydrogen-bond acceptors (Lipinski definition) is 5. The number of carbonyl (C=O) groups is 1. The highest BCUT2D eigenvalue weighted by Crippen LogP contribution is 2.37. The van der Waals surface area contributed by atoms with Crippen LogP contribution in [0, 0.1) is 17.6 Å². The molecule has 1 aromatic carbocycles. The summed E-state index contributed by atoms with van der Waals surface area (Å²) in [6, 6.07) is 7.19. The number of fused-ring (bicyclic) bond motifs is 3. The molecule has 3 aromatic rings. The molecule has 0 spiro atoms. The third kappa shape index (κ3) is 3.64. The fourth-order valence-corrected chi connectivity index (χ4v) is 4.46. The van der Waals surface area contributed by atoms with Crippen LogP contribution < -0.4 is 4.90 Å². The molecule has 2 aliphatic heterocycles. The van der Waals surface area contributed by atoms with Crippen LogP contribution in [0.25, 0.3) is 11.4 Å². The summed E-state index contributed by atoms with van der Waals surface area (Å²) in [5.74, 6) is -0.157. The summed E-state index contributed by atoms with van der Waals surface area (Å²) in [5, 5.41) is 0.328. The van der Waals surface area contributed by atoms with Crippen molar-refractivity contribution in [1.29, 1.82) is 0 Å². The maximum Gasteiger partial charge on any atom is 0.283 e. The number of pyridine rings is 1. The van der Waals surface area contributed by atoms with Gasteiger partial charge in [0, 0.05) is 18.3 Å². The first kappa shape index (κ1) is 22.5. The summed E-state index contributed by atoms with van der Waals surface area (Å²) in [4.78, 5) is 30.8. The molecule has 34 heavy (non-hydrogen) atoms. The zero-order chi connectivity index (χ0) is 24.1. The average Bonchev–Trinajstić information content (AvgIpc) is 3.40. The first-order valence-corrected chi connectivity index (χ1v) is 11.5. The molecule has 0 bridgehead atoms. The Morgan fingerprint density at radius 1 is 1.18 bits per heavy atom. The molecule has 10 heteroatoms. The summed E-state index contributed by atoms with van der Waals surface area (Å²) < 4.78 is 29.4. The van der Waals surface area contributed by atoms with E-state index < -0.39 is 11.6 Å². The number of rotatable bonds is 5. The number of aromatic nitrogens is 3. The van der Waals surface area contributed by atoms with E-state index in [0.29, 0.717) is 47.0 Å². The number of nitrogens with zero attached hydrogens (tertiary/aromatic N) is 6. The van der Waals surface area contributed by atoms with E-state index in [9.17, 15) is 13.6 Å². The van der Waals surface area contributed by atoms with Gasteiger partial charge in [-0.05, 0) is 42.7 Å². The zero-order valence-corrected chi connectivity index (χ0v) is 19.7. The van der Waals surface area contributed by atoms with E-state index in [0.717, 1.165) is 12.1 Å². The Morgan fingerprint density at radius 3 is 2.62 bits per heavy atom. The lowest BCUT2D eigenvalue weighted by Crippen LogP contribution is -2.50. The van der Waals surface area contributed by atoms with Crippen molar-refractivity contribution in [1.82, 2.24) is 19.4 Å². The van der Waals surface area contributed by atoms with Gasteiger partial charge >= 0.3 is 0 Å². The Bertz CT molecular complexity index is 1300. The number of hydrogen-bond donors (Lipinski definition) is 0. The van der Waals surface area contributed by atoms with Crippen LogP contribution in [0.3, 0.4) is 0 Å². The largest absolute Gasteiger partial charge is 0.305 e. The van der Waals surface area contributed by atoms with Crippen molar-refractivity contribution >= 4 is 29.3 Å². The number of amides is 1. The normalized spacial score (nSPS) is 17.3. The summed E-state index contributed by atoms with van der Waals surface area (Å²) in [6.07, 6.45) is 1.58. The predicted molar refractivity (Wildman–Crippen MR) is 126 cm³/mol. The summed E-state index contributed by atoms with van der Waals surface area (Å²) >= 11 is 5.98. The lowest BCUT2D eigenvalue weighted by molar-refractivity contribution is 0.0841. The molecule has 0 radical (unpaired) electrons.